The summed E-state index contributed by atoms with van der Waals surface area (Å²) < 4.78 is 7.04. The SMILES string of the molecule is Cc1csc(=O)n1CC(=O)N(C)CCOc1ccccc1. The lowest BCUT2D eigenvalue weighted by Crippen LogP contribution is -2.35. The standard InChI is InChI=1S/C15H18N2O3S/c1-12-11-21-15(19)17(12)10-14(18)16(2)8-9-20-13-6-4-3-5-7-13/h3-7,11H,8-10H2,1-2H3. The summed E-state index contributed by atoms with van der Waals surface area (Å²) in [5, 5.41) is 1.76. The molecular weight excluding hydrogens is 288 g/mol. The topological polar surface area (TPSA) is 51.5 Å². The molecule has 0 atom stereocenters. The van der Waals surface area contributed by atoms with Crippen LogP contribution in [0.2, 0.25) is 0 Å². The predicted octanol–water partition coefficient (Wildman–Crippen LogP) is 1.76. The highest BCUT2D eigenvalue weighted by Crippen LogP contribution is 2.08. The zero-order valence-corrected chi connectivity index (χ0v) is 12.9. The molecule has 2 aromatic rings. The van der Waals surface area contributed by atoms with Gasteiger partial charge in [-0.15, -0.1) is 0 Å². The maximum absolute atomic E-state index is 12.1. The molecule has 5 nitrogen and oxygen atoms in total. The van der Waals surface area contributed by atoms with Crippen LogP contribution in [0.15, 0.2) is 40.5 Å². The van der Waals surface area contributed by atoms with E-state index in [1.54, 1.807) is 17.3 Å². The molecule has 0 saturated carbocycles. The Morgan fingerprint density at radius 2 is 2.05 bits per heavy atom. The van der Waals surface area contributed by atoms with E-state index >= 15 is 0 Å². The maximum Gasteiger partial charge on any atom is 0.307 e. The van der Waals surface area contributed by atoms with Crippen molar-refractivity contribution in [3.8, 4) is 5.75 Å². The number of carbonyl (C=O) groups excluding carboxylic acids is 1. The van der Waals surface area contributed by atoms with Crippen LogP contribution in [0.25, 0.3) is 0 Å². The van der Waals surface area contributed by atoms with Crippen LogP contribution in [0.3, 0.4) is 0 Å². The molecule has 0 aliphatic carbocycles. The third-order valence-electron chi connectivity index (χ3n) is 3.13. The molecule has 1 aromatic heterocycles. The first-order chi connectivity index (χ1) is 10.1. The first-order valence-corrected chi connectivity index (χ1v) is 7.52. The molecule has 0 spiro atoms. The van der Waals surface area contributed by atoms with Crippen LogP contribution >= 0.6 is 11.3 Å². The fourth-order valence-electron chi connectivity index (χ4n) is 1.79. The quantitative estimate of drug-likeness (QED) is 0.817. The first kappa shape index (κ1) is 15.3. The van der Waals surface area contributed by atoms with E-state index in [1.807, 2.05) is 37.3 Å². The molecule has 21 heavy (non-hydrogen) atoms. The van der Waals surface area contributed by atoms with Gasteiger partial charge >= 0.3 is 4.87 Å². The summed E-state index contributed by atoms with van der Waals surface area (Å²) in [5.74, 6) is 0.679. The lowest BCUT2D eigenvalue weighted by Gasteiger charge is -2.18. The Kier molecular flexibility index (Phi) is 5.16. The van der Waals surface area contributed by atoms with E-state index in [2.05, 4.69) is 0 Å². The van der Waals surface area contributed by atoms with Crippen molar-refractivity contribution in [2.45, 2.75) is 13.5 Å². The zero-order chi connectivity index (χ0) is 15.2. The van der Waals surface area contributed by atoms with Crippen LogP contribution in [-0.2, 0) is 11.3 Å². The molecule has 0 bridgehead atoms. The minimum Gasteiger partial charge on any atom is -0.492 e. The third-order valence-corrected chi connectivity index (χ3v) is 4.02. The molecule has 0 aliphatic rings. The van der Waals surface area contributed by atoms with Crippen LogP contribution in [0, 0.1) is 6.92 Å². The molecule has 1 amide bonds. The highest BCUT2D eigenvalue weighted by Gasteiger charge is 2.12. The number of likely N-dealkylation sites (N-methyl/N-ethyl adjacent to an activating group) is 1. The van der Waals surface area contributed by atoms with Gasteiger partial charge in [0.1, 0.15) is 18.9 Å². The lowest BCUT2D eigenvalue weighted by molar-refractivity contribution is -0.130. The van der Waals surface area contributed by atoms with E-state index in [9.17, 15) is 9.59 Å². The lowest BCUT2D eigenvalue weighted by atomic mass is 10.3. The molecule has 0 N–H and O–H groups in total. The number of rotatable bonds is 6. The summed E-state index contributed by atoms with van der Waals surface area (Å²) in [6, 6.07) is 9.46. The van der Waals surface area contributed by atoms with Gasteiger partial charge in [0.25, 0.3) is 0 Å². The van der Waals surface area contributed by atoms with Crippen LogP contribution in [-0.4, -0.2) is 35.6 Å². The Morgan fingerprint density at radius 3 is 2.67 bits per heavy atom. The van der Waals surface area contributed by atoms with Gasteiger partial charge in [-0.1, -0.05) is 29.5 Å². The third kappa shape index (κ3) is 4.19. The van der Waals surface area contributed by atoms with E-state index < -0.39 is 0 Å². The normalized spacial score (nSPS) is 10.4. The monoisotopic (exact) mass is 306 g/mol. The second-order valence-electron chi connectivity index (χ2n) is 4.71. The first-order valence-electron chi connectivity index (χ1n) is 6.64. The number of aryl methyl sites for hydroxylation is 1. The summed E-state index contributed by atoms with van der Waals surface area (Å²) in [6.07, 6.45) is 0. The molecule has 2 rings (SSSR count). The highest BCUT2D eigenvalue weighted by atomic mass is 32.1. The average Bonchev–Trinajstić information content (AvgIpc) is 2.80. The summed E-state index contributed by atoms with van der Waals surface area (Å²) in [4.78, 5) is 25.1. The fraction of sp³-hybridized carbons (Fsp3) is 0.333. The van der Waals surface area contributed by atoms with Crippen molar-refractivity contribution in [2.24, 2.45) is 0 Å². The predicted molar refractivity (Wildman–Crippen MR) is 82.9 cm³/mol. The van der Waals surface area contributed by atoms with Crippen molar-refractivity contribution in [3.05, 3.63) is 51.1 Å². The smallest absolute Gasteiger partial charge is 0.307 e. The Hall–Kier alpha value is -2.08. The number of carbonyl (C=O) groups is 1. The molecule has 0 fully saturated rings. The van der Waals surface area contributed by atoms with Crippen LogP contribution in [0.4, 0.5) is 0 Å². The van der Waals surface area contributed by atoms with Crippen LogP contribution < -0.4 is 9.61 Å². The van der Waals surface area contributed by atoms with Gasteiger partial charge in [0.15, 0.2) is 0 Å². The van der Waals surface area contributed by atoms with Crippen molar-refractivity contribution in [2.75, 3.05) is 20.2 Å². The largest absolute Gasteiger partial charge is 0.492 e. The van der Waals surface area contributed by atoms with Crippen molar-refractivity contribution >= 4 is 17.2 Å². The van der Waals surface area contributed by atoms with Gasteiger partial charge in [0.2, 0.25) is 5.91 Å². The van der Waals surface area contributed by atoms with Gasteiger partial charge in [-0.2, -0.15) is 0 Å². The fourth-order valence-corrected chi connectivity index (χ4v) is 2.53. The number of benzene rings is 1. The molecule has 112 valence electrons. The number of thiazole rings is 1. The molecular formula is C15H18N2O3S. The van der Waals surface area contributed by atoms with Crippen LogP contribution in [0.1, 0.15) is 5.69 Å². The average molecular weight is 306 g/mol. The second kappa shape index (κ2) is 7.08. The van der Waals surface area contributed by atoms with Gasteiger partial charge in [-0.05, 0) is 19.1 Å². The molecule has 1 heterocycles. The Bertz CT molecular complexity index is 648. The number of para-hydroxylation sites is 1. The molecule has 1 aromatic carbocycles. The maximum atomic E-state index is 12.1. The summed E-state index contributed by atoms with van der Waals surface area (Å²) in [5.41, 5.74) is 0.812. The number of hydrogen-bond donors (Lipinski definition) is 0. The summed E-state index contributed by atoms with van der Waals surface area (Å²) in [7, 11) is 1.71. The van der Waals surface area contributed by atoms with Crippen molar-refractivity contribution in [1.82, 2.24) is 9.47 Å². The minimum atomic E-state index is -0.102. The Balaban J connectivity index is 1.82. The number of amides is 1. The summed E-state index contributed by atoms with van der Waals surface area (Å²) >= 11 is 1.11. The van der Waals surface area contributed by atoms with Crippen molar-refractivity contribution in [1.29, 1.82) is 0 Å². The van der Waals surface area contributed by atoms with E-state index in [1.165, 1.54) is 4.57 Å². The molecule has 0 aliphatic heterocycles. The van der Waals surface area contributed by atoms with E-state index in [0.29, 0.717) is 13.2 Å². The molecule has 0 unspecified atom stereocenters. The van der Waals surface area contributed by atoms with E-state index in [-0.39, 0.29) is 17.3 Å². The van der Waals surface area contributed by atoms with Crippen LogP contribution in [0.5, 0.6) is 5.75 Å². The van der Waals surface area contributed by atoms with Crippen molar-refractivity contribution < 1.29 is 9.53 Å². The van der Waals surface area contributed by atoms with E-state index in [4.69, 9.17) is 4.74 Å². The van der Waals surface area contributed by atoms with Gasteiger partial charge in [-0.25, -0.2) is 0 Å². The van der Waals surface area contributed by atoms with Gasteiger partial charge in [0.05, 0.1) is 6.54 Å². The number of aromatic nitrogens is 1. The van der Waals surface area contributed by atoms with Crippen molar-refractivity contribution in [3.63, 3.8) is 0 Å². The number of nitrogens with zero attached hydrogens (tertiary/aromatic N) is 2. The number of ether oxygens (including phenoxy) is 1. The van der Waals surface area contributed by atoms with Gasteiger partial charge < -0.3 is 9.64 Å². The number of hydrogen-bond acceptors (Lipinski definition) is 4. The molecule has 0 radical (unpaired) electrons. The zero-order valence-electron chi connectivity index (χ0n) is 12.1. The van der Waals surface area contributed by atoms with Gasteiger partial charge in [0, 0.05) is 18.1 Å². The Labute approximate surface area is 127 Å². The summed E-state index contributed by atoms with van der Waals surface area (Å²) in [6.45, 7) is 2.80. The highest BCUT2D eigenvalue weighted by molar-refractivity contribution is 7.07. The molecule has 0 saturated heterocycles. The van der Waals surface area contributed by atoms with Gasteiger partial charge in [-0.3, -0.25) is 14.2 Å². The second-order valence-corrected chi connectivity index (χ2v) is 5.53. The molecule has 6 heteroatoms. The minimum absolute atomic E-state index is 0.0794. The Morgan fingerprint density at radius 1 is 1.33 bits per heavy atom. The van der Waals surface area contributed by atoms with E-state index in [0.717, 1.165) is 22.8 Å².